The van der Waals surface area contributed by atoms with Gasteiger partial charge in [-0.2, -0.15) is 0 Å². The minimum absolute atomic E-state index is 0.169. The molecule has 0 aromatic heterocycles. The summed E-state index contributed by atoms with van der Waals surface area (Å²) < 4.78 is 5.54. The maximum atomic E-state index is 12.3. The van der Waals surface area contributed by atoms with Gasteiger partial charge in [-0.15, -0.1) is 0 Å². The van der Waals surface area contributed by atoms with E-state index in [2.05, 4.69) is 33.0 Å². The molecule has 6 nitrogen and oxygen atoms in total. The molecule has 5 rings (SSSR count). The first-order valence-corrected chi connectivity index (χ1v) is 15.6. The highest BCUT2D eigenvalue weighted by Gasteiger charge is 2.64. The van der Waals surface area contributed by atoms with Crippen LogP contribution < -0.4 is 5.32 Å². The van der Waals surface area contributed by atoms with E-state index < -0.39 is 12.2 Å². The Morgan fingerprint density at radius 1 is 0.973 bits per heavy atom. The molecular weight excluding hydrogens is 466 g/mol. The predicted molar refractivity (Wildman–Crippen MR) is 144 cm³/mol. The number of fused-ring (bicyclic) bond motifs is 5. The van der Waals surface area contributed by atoms with E-state index in [1.54, 1.807) is 0 Å². The Bertz CT molecular complexity index is 821. The third-order valence-electron chi connectivity index (χ3n) is 12.7. The summed E-state index contributed by atoms with van der Waals surface area (Å²) in [5.41, 5.74) is 0.469. The van der Waals surface area contributed by atoms with Crippen molar-refractivity contribution >= 4 is 6.09 Å². The molecule has 4 N–H and O–H groups in total. The molecule has 0 radical (unpaired) electrons. The molecule has 5 aliphatic carbocycles. The van der Waals surface area contributed by atoms with Gasteiger partial charge in [-0.1, -0.05) is 34.1 Å². The Balaban J connectivity index is 1.23. The van der Waals surface area contributed by atoms with Crippen LogP contribution in [0.3, 0.4) is 0 Å². The first kappa shape index (κ1) is 27.7. The Labute approximate surface area is 224 Å². The molecule has 0 saturated heterocycles. The van der Waals surface area contributed by atoms with Crippen LogP contribution in [0.15, 0.2) is 0 Å². The van der Waals surface area contributed by atoms with E-state index in [1.807, 2.05) is 0 Å². The summed E-state index contributed by atoms with van der Waals surface area (Å²) in [6.45, 7) is 9.99. The van der Waals surface area contributed by atoms with E-state index in [0.29, 0.717) is 48.0 Å². The molecule has 1 amide bonds. The highest BCUT2D eigenvalue weighted by Crippen LogP contribution is 2.69. The Kier molecular flexibility index (Phi) is 7.95. The average molecular weight is 520 g/mol. The second-order valence-corrected chi connectivity index (χ2v) is 14.3. The van der Waals surface area contributed by atoms with Crippen molar-refractivity contribution in [2.24, 2.45) is 52.3 Å². The zero-order chi connectivity index (χ0) is 26.5. The van der Waals surface area contributed by atoms with Gasteiger partial charge in [-0.25, -0.2) is 4.79 Å². The summed E-state index contributed by atoms with van der Waals surface area (Å²) in [7, 11) is 0. The highest BCUT2D eigenvalue weighted by atomic mass is 16.5. The number of alkyl carbamates (subject to hydrolysis) is 1. The minimum Gasteiger partial charge on any atom is -0.450 e. The van der Waals surface area contributed by atoms with E-state index >= 15 is 0 Å². The molecule has 0 aliphatic heterocycles. The molecule has 5 fully saturated rings. The fourth-order valence-electron chi connectivity index (χ4n) is 10.8. The third kappa shape index (κ3) is 4.75. The summed E-state index contributed by atoms with van der Waals surface area (Å²) in [6.07, 6.45) is 10.8. The van der Waals surface area contributed by atoms with E-state index in [-0.39, 0.29) is 29.1 Å². The zero-order valence-electron chi connectivity index (χ0n) is 23.7. The standard InChI is InChI=1S/C31H53NO5/c1-5-20-24-17-19(33)11-14-31(24,4)23-12-15-30(3)21(9-10-22(30)27(23)28(20)35)18(2)13-16-37-29(36)32-25-7-6-8-26(25)34/h18-28,33-35H,5-17H2,1-4H3,(H,32,36)/t18-,19-,20-,21-,22+,23+,24?,25+,26+,27?,28-,30?,31?/m1/s1. The normalized spacial score (nSPS) is 50.0. The number of aliphatic hydroxyl groups is 3. The van der Waals surface area contributed by atoms with Crippen LogP contribution in [-0.4, -0.2) is 52.4 Å². The van der Waals surface area contributed by atoms with Crippen LogP contribution >= 0.6 is 0 Å². The van der Waals surface area contributed by atoms with Gasteiger partial charge in [0.2, 0.25) is 0 Å². The second-order valence-electron chi connectivity index (χ2n) is 14.3. The van der Waals surface area contributed by atoms with Gasteiger partial charge in [0, 0.05) is 0 Å². The van der Waals surface area contributed by atoms with Gasteiger partial charge in [-0.05, 0) is 123 Å². The highest BCUT2D eigenvalue weighted by molar-refractivity contribution is 5.67. The summed E-state index contributed by atoms with van der Waals surface area (Å²) in [6, 6.07) is -0.169. The minimum atomic E-state index is -0.448. The fourth-order valence-corrected chi connectivity index (χ4v) is 10.8. The largest absolute Gasteiger partial charge is 0.450 e. The Morgan fingerprint density at radius 3 is 2.41 bits per heavy atom. The quantitative estimate of drug-likeness (QED) is 0.383. The number of nitrogens with one attached hydrogen (secondary N) is 1. The van der Waals surface area contributed by atoms with Gasteiger partial charge in [0.1, 0.15) is 0 Å². The lowest BCUT2D eigenvalue weighted by Crippen LogP contribution is -2.62. The zero-order valence-corrected chi connectivity index (χ0v) is 23.7. The van der Waals surface area contributed by atoms with Crippen molar-refractivity contribution in [3.05, 3.63) is 0 Å². The van der Waals surface area contributed by atoms with E-state index in [0.717, 1.165) is 51.4 Å². The Morgan fingerprint density at radius 2 is 1.70 bits per heavy atom. The SMILES string of the molecule is CC[C@@H]1C2C[C@H](O)CCC2(C)[C@H]2CCC3(C)[C@@H]([C@H](C)CCOC(=O)N[C@H]4CCC[C@@H]4O)CC[C@H]3C2[C@@H]1O. The summed E-state index contributed by atoms with van der Waals surface area (Å²) in [4.78, 5) is 12.3. The molecule has 0 spiro atoms. The van der Waals surface area contributed by atoms with E-state index in [9.17, 15) is 20.1 Å². The van der Waals surface area contributed by atoms with Crippen molar-refractivity contribution in [1.29, 1.82) is 0 Å². The molecule has 0 aromatic rings. The van der Waals surface area contributed by atoms with E-state index in [1.165, 1.54) is 25.7 Å². The number of ether oxygens (including phenoxy) is 1. The monoisotopic (exact) mass is 519 g/mol. The molecule has 5 aliphatic rings. The van der Waals surface area contributed by atoms with Gasteiger partial charge in [-0.3, -0.25) is 0 Å². The second kappa shape index (κ2) is 10.6. The van der Waals surface area contributed by atoms with E-state index in [4.69, 9.17) is 4.74 Å². The number of amides is 1. The van der Waals surface area contributed by atoms with Crippen molar-refractivity contribution in [3.8, 4) is 0 Å². The number of carbonyl (C=O) groups excluding carboxylic acids is 1. The molecule has 4 unspecified atom stereocenters. The maximum Gasteiger partial charge on any atom is 0.407 e. The summed E-state index contributed by atoms with van der Waals surface area (Å²) >= 11 is 0. The molecule has 0 heterocycles. The van der Waals surface area contributed by atoms with Crippen LogP contribution in [0.25, 0.3) is 0 Å². The summed E-state index contributed by atoms with van der Waals surface area (Å²) in [5.74, 6) is 3.28. The molecule has 37 heavy (non-hydrogen) atoms. The van der Waals surface area contributed by atoms with Crippen molar-refractivity contribution in [2.45, 2.75) is 129 Å². The first-order valence-electron chi connectivity index (χ1n) is 15.6. The lowest BCUT2D eigenvalue weighted by Gasteiger charge is -2.64. The predicted octanol–water partition coefficient (Wildman–Crippen LogP) is 5.28. The van der Waals surface area contributed by atoms with Crippen molar-refractivity contribution in [1.82, 2.24) is 5.32 Å². The van der Waals surface area contributed by atoms with Crippen molar-refractivity contribution < 1.29 is 24.9 Å². The van der Waals surface area contributed by atoms with Crippen LogP contribution in [0.4, 0.5) is 4.79 Å². The molecule has 13 atom stereocenters. The number of hydrogen-bond donors (Lipinski definition) is 4. The molecule has 6 heteroatoms. The average Bonchev–Trinajstić information content (AvgIpc) is 3.42. The molecule has 212 valence electrons. The fraction of sp³-hybridized carbons (Fsp3) is 0.968. The smallest absolute Gasteiger partial charge is 0.407 e. The number of hydrogen-bond acceptors (Lipinski definition) is 5. The van der Waals surface area contributed by atoms with Crippen LogP contribution in [0.1, 0.15) is 105 Å². The van der Waals surface area contributed by atoms with Crippen LogP contribution in [-0.2, 0) is 4.74 Å². The lowest BCUT2D eigenvalue weighted by atomic mass is 9.41. The number of rotatable bonds is 6. The molecular formula is C31H53NO5. The molecule has 0 aromatic carbocycles. The molecule has 0 bridgehead atoms. The first-order chi connectivity index (χ1) is 17.6. The van der Waals surface area contributed by atoms with Crippen LogP contribution in [0.5, 0.6) is 0 Å². The lowest BCUT2D eigenvalue weighted by molar-refractivity contribution is -0.203. The van der Waals surface area contributed by atoms with Gasteiger partial charge in [0.05, 0.1) is 31.0 Å². The van der Waals surface area contributed by atoms with Crippen molar-refractivity contribution in [2.75, 3.05) is 6.61 Å². The van der Waals surface area contributed by atoms with Gasteiger partial charge >= 0.3 is 6.09 Å². The van der Waals surface area contributed by atoms with Crippen LogP contribution in [0.2, 0.25) is 0 Å². The molecule has 5 saturated carbocycles. The van der Waals surface area contributed by atoms with Gasteiger partial charge in [0.25, 0.3) is 0 Å². The third-order valence-corrected chi connectivity index (χ3v) is 12.7. The maximum absolute atomic E-state index is 12.3. The van der Waals surface area contributed by atoms with Crippen molar-refractivity contribution in [3.63, 3.8) is 0 Å². The number of aliphatic hydroxyl groups excluding tert-OH is 3. The number of carbonyl (C=O) groups is 1. The van der Waals surface area contributed by atoms with Crippen LogP contribution in [0, 0.1) is 52.3 Å². The Hall–Kier alpha value is -0.850. The summed E-state index contributed by atoms with van der Waals surface area (Å²) in [5, 5.41) is 35.2. The van der Waals surface area contributed by atoms with Gasteiger partial charge in [0.15, 0.2) is 0 Å². The van der Waals surface area contributed by atoms with Gasteiger partial charge < -0.3 is 25.4 Å². The topological polar surface area (TPSA) is 99.0 Å².